The van der Waals surface area contributed by atoms with Crippen LogP contribution in [0.4, 0.5) is 11.4 Å². The Morgan fingerprint density at radius 1 is 1.21 bits per heavy atom. The standard InChI is InChI=1S/C14H24N3O.ClH/c1-17(11-12-18-2)9-7-16(8-10-17)14-5-3-13(15)4-6-14;/h3-6H,7-12,15H2,1-2H3;1H/q+1;/p-1. The number of benzene rings is 1. The molecule has 0 aromatic heterocycles. The van der Waals surface area contributed by atoms with Gasteiger partial charge in [0.05, 0.1) is 39.8 Å². The van der Waals surface area contributed by atoms with Crippen molar-refractivity contribution < 1.29 is 21.6 Å². The average Bonchev–Trinajstić information content (AvgIpc) is 2.39. The first kappa shape index (κ1) is 16.1. The zero-order valence-electron chi connectivity index (χ0n) is 11.8. The molecule has 0 saturated carbocycles. The highest BCUT2D eigenvalue weighted by molar-refractivity contribution is 5.53. The molecule has 1 aliphatic heterocycles. The number of nitrogens with two attached hydrogens (primary N) is 1. The molecule has 0 amide bonds. The van der Waals surface area contributed by atoms with Gasteiger partial charge in [0.1, 0.15) is 6.54 Å². The molecule has 5 heteroatoms. The summed E-state index contributed by atoms with van der Waals surface area (Å²) in [5.41, 5.74) is 7.83. The van der Waals surface area contributed by atoms with E-state index in [2.05, 4.69) is 24.1 Å². The lowest BCUT2D eigenvalue weighted by Crippen LogP contribution is -3.00. The number of nitrogens with zero attached hydrogens (tertiary/aromatic N) is 2. The largest absolute Gasteiger partial charge is 1.00 e. The van der Waals surface area contributed by atoms with Crippen LogP contribution in [0.15, 0.2) is 24.3 Å². The zero-order valence-corrected chi connectivity index (χ0v) is 12.6. The lowest BCUT2D eigenvalue weighted by molar-refractivity contribution is -0.910. The number of ether oxygens (including phenoxy) is 1. The molecule has 1 aromatic rings. The van der Waals surface area contributed by atoms with E-state index in [1.54, 1.807) is 7.11 Å². The van der Waals surface area contributed by atoms with Crippen molar-refractivity contribution in [3.63, 3.8) is 0 Å². The first-order valence-electron chi connectivity index (χ1n) is 6.56. The predicted molar refractivity (Wildman–Crippen MR) is 75.7 cm³/mol. The molecule has 2 N–H and O–H groups in total. The van der Waals surface area contributed by atoms with Gasteiger partial charge in [-0.3, -0.25) is 0 Å². The van der Waals surface area contributed by atoms with Crippen LogP contribution in [-0.4, -0.2) is 58.0 Å². The molecule has 0 bridgehead atoms. The Kier molecular flexibility index (Phi) is 5.91. The quantitative estimate of drug-likeness (QED) is 0.523. The Balaban J connectivity index is 0.00000180. The minimum atomic E-state index is 0. The molecule has 0 spiro atoms. The van der Waals surface area contributed by atoms with E-state index in [1.165, 1.54) is 18.8 Å². The van der Waals surface area contributed by atoms with Gasteiger partial charge in [-0.25, -0.2) is 0 Å². The molecule has 2 rings (SSSR count). The highest BCUT2D eigenvalue weighted by Crippen LogP contribution is 2.20. The van der Waals surface area contributed by atoms with Crippen LogP contribution >= 0.6 is 0 Å². The first-order chi connectivity index (χ1) is 8.63. The van der Waals surface area contributed by atoms with Crippen LogP contribution in [0.3, 0.4) is 0 Å². The molecule has 0 atom stereocenters. The summed E-state index contributed by atoms with van der Waals surface area (Å²) in [4.78, 5) is 2.44. The Labute approximate surface area is 122 Å². The summed E-state index contributed by atoms with van der Waals surface area (Å²) >= 11 is 0. The zero-order chi connectivity index (χ0) is 13.0. The molecule has 1 aromatic carbocycles. The number of methoxy groups -OCH3 is 1. The van der Waals surface area contributed by atoms with Gasteiger partial charge in [-0.1, -0.05) is 0 Å². The first-order valence-corrected chi connectivity index (χ1v) is 6.56. The summed E-state index contributed by atoms with van der Waals surface area (Å²) in [7, 11) is 4.09. The molecule has 1 saturated heterocycles. The fraction of sp³-hybridized carbons (Fsp3) is 0.571. The van der Waals surface area contributed by atoms with E-state index in [0.717, 1.165) is 36.4 Å². The second kappa shape index (κ2) is 6.98. The molecule has 0 unspecified atom stereocenters. The number of halogens is 1. The second-order valence-corrected chi connectivity index (χ2v) is 5.36. The highest BCUT2D eigenvalue weighted by Gasteiger charge is 2.28. The van der Waals surface area contributed by atoms with Gasteiger partial charge in [0, 0.05) is 18.5 Å². The van der Waals surface area contributed by atoms with E-state index < -0.39 is 0 Å². The van der Waals surface area contributed by atoms with E-state index in [4.69, 9.17) is 10.5 Å². The fourth-order valence-electron chi connectivity index (χ4n) is 2.43. The maximum atomic E-state index is 5.72. The van der Waals surface area contributed by atoms with Gasteiger partial charge in [0.2, 0.25) is 0 Å². The maximum absolute atomic E-state index is 5.72. The third-order valence-corrected chi connectivity index (χ3v) is 3.91. The smallest absolute Gasteiger partial charge is 0.102 e. The van der Waals surface area contributed by atoms with Gasteiger partial charge in [-0.15, -0.1) is 0 Å². The van der Waals surface area contributed by atoms with E-state index in [0.29, 0.717) is 0 Å². The van der Waals surface area contributed by atoms with Crippen molar-refractivity contribution in [2.75, 3.05) is 64.1 Å². The van der Waals surface area contributed by atoms with E-state index in [-0.39, 0.29) is 12.4 Å². The maximum Gasteiger partial charge on any atom is 0.102 e. The number of hydrogen-bond donors (Lipinski definition) is 1. The van der Waals surface area contributed by atoms with Crippen molar-refractivity contribution in [3.8, 4) is 0 Å². The fourth-order valence-corrected chi connectivity index (χ4v) is 2.43. The van der Waals surface area contributed by atoms with Gasteiger partial charge in [0.15, 0.2) is 0 Å². The lowest BCUT2D eigenvalue weighted by Gasteiger charge is -2.42. The van der Waals surface area contributed by atoms with Crippen LogP contribution < -0.4 is 23.0 Å². The molecule has 0 radical (unpaired) electrons. The molecule has 4 nitrogen and oxygen atoms in total. The average molecular weight is 286 g/mol. The van der Waals surface area contributed by atoms with Crippen LogP contribution in [0.1, 0.15) is 0 Å². The van der Waals surface area contributed by atoms with E-state index in [9.17, 15) is 0 Å². The van der Waals surface area contributed by atoms with Crippen LogP contribution in [0.25, 0.3) is 0 Å². The third kappa shape index (κ3) is 4.27. The lowest BCUT2D eigenvalue weighted by atomic mass is 10.2. The van der Waals surface area contributed by atoms with Crippen LogP contribution in [-0.2, 0) is 4.74 Å². The summed E-state index contributed by atoms with van der Waals surface area (Å²) in [6.07, 6.45) is 0. The molecule has 108 valence electrons. The normalized spacial score (nSPS) is 17.9. The van der Waals surface area contributed by atoms with Gasteiger partial charge in [0.25, 0.3) is 0 Å². The molecule has 1 fully saturated rings. The number of nitrogen functional groups attached to an aromatic ring is 1. The summed E-state index contributed by atoms with van der Waals surface area (Å²) in [6, 6.07) is 8.17. The number of likely N-dealkylation sites (N-methyl/N-ethyl adjacent to an activating group) is 1. The SMILES string of the molecule is COCC[N+]1(C)CCN(c2ccc(N)cc2)CC1.[Cl-]. The Bertz CT molecular complexity index is 375. The summed E-state index contributed by atoms with van der Waals surface area (Å²) in [5, 5.41) is 0. The number of piperazine rings is 1. The molecule has 0 aliphatic carbocycles. The van der Waals surface area contributed by atoms with Gasteiger partial charge >= 0.3 is 0 Å². The van der Waals surface area contributed by atoms with Gasteiger partial charge in [-0.05, 0) is 24.3 Å². The predicted octanol–water partition coefficient (Wildman–Crippen LogP) is -1.81. The molecule has 1 aliphatic rings. The molecule has 19 heavy (non-hydrogen) atoms. The number of rotatable bonds is 4. The minimum Gasteiger partial charge on any atom is -1.00 e. The number of hydrogen-bond acceptors (Lipinski definition) is 3. The number of anilines is 2. The van der Waals surface area contributed by atoms with E-state index >= 15 is 0 Å². The van der Waals surface area contributed by atoms with Crippen molar-refractivity contribution in [2.24, 2.45) is 0 Å². The van der Waals surface area contributed by atoms with Crippen LogP contribution in [0, 0.1) is 0 Å². The summed E-state index contributed by atoms with van der Waals surface area (Å²) in [5.74, 6) is 0. The van der Waals surface area contributed by atoms with Crippen molar-refractivity contribution in [1.82, 2.24) is 0 Å². The Morgan fingerprint density at radius 2 is 1.79 bits per heavy atom. The summed E-state index contributed by atoms with van der Waals surface area (Å²) in [6.45, 7) is 6.50. The molecular formula is C14H24ClN3O. The Hall–Kier alpha value is -0.970. The molecule has 1 heterocycles. The van der Waals surface area contributed by atoms with Crippen LogP contribution in [0.5, 0.6) is 0 Å². The Morgan fingerprint density at radius 3 is 2.32 bits per heavy atom. The van der Waals surface area contributed by atoms with Crippen molar-refractivity contribution in [1.29, 1.82) is 0 Å². The van der Waals surface area contributed by atoms with Crippen LogP contribution in [0.2, 0.25) is 0 Å². The van der Waals surface area contributed by atoms with Gasteiger partial charge < -0.3 is 32.3 Å². The second-order valence-electron chi connectivity index (χ2n) is 5.36. The molecular weight excluding hydrogens is 262 g/mol. The summed E-state index contributed by atoms with van der Waals surface area (Å²) < 4.78 is 6.30. The minimum absolute atomic E-state index is 0. The van der Waals surface area contributed by atoms with E-state index in [1.807, 2.05) is 12.1 Å². The third-order valence-electron chi connectivity index (χ3n) is 3.91. The van der Waals surface area contributed by atoms with Gasteiger partial charge in [-0.2, -0.15) is 0 Å². The van der Waals surface area contributed by atoms with Crippen molar-refractivity contribution in [3.05, 3.63) is 24.3 Å². The highest BCUT2D eigenvalue weighted by atomic mass is 35.5. The van der Waals surface area contributed by atoms with Crippen molar-refractivity contribution >= 4 is 11.4 Å². The van der Waals surface area contributed by atoms with Crippen molar-refractivity contribution in [2.45, 2.75) is 0 Å². The number of quaternary nitrogens is 1. The topological polar surface area (TPSA) is 38.5 Å². The monoisotopic (exact) mass is 285 g/mol.